The lowest BCUT2D eigenvalue weighted by atomic mass is 9.82. The van der Waals surface area contributed by atoms with Crippen LogP contribution in [0.1, 0.15) is 37.5 Å². The van der Waals surface area contributed by atoms with Crippen LogP contribution < -0.4 is 5.32 Å². The third kappa shape index (κ3) is 3.56. The normalized spacial score (nSPS) is 14.5. The van der Waals surface area contributed by atoms with Crippen molar-refractivity contribution in [3.8, 4) is 11.1 Å². The number of rotatable bonds is 5. The molecule has 0 saturated carbocycles. The largest absolute Gasteiger partial charge is 0.356 e. The summed E-state index contributed by atoms with van der Waals surface area (Å²) in [6.07, 6.45) is 6.27. The van der Waals surface area contributed by atoms with Gasteiger partial charge in [-0.3, -0.25) is 0 Å². The Balaban J connectivity index is 1.54. The quantitative estimate of drug-likeness (QED) is 0.452. The minimum absolute atomic E-state index is 0.00617. The molecule has 0 bridgehead atoms. The third-order valence-electron chi connectivity index (χ3n) is 5.77. The molecule has 0 heterocycles. The van der Waals surface area contributed by atoms with Crippen molar-refractivity contribution in [3.05, 3.63) is 120 Å². The highest BCUT2D eigenvalue weighted by Crippen LogP contribution is 2.49. The van der Waals surface area contributed by atoms with Crippen LogP contribution in [0.2, 0.25) is 0 Å². The molecule has 0 fully saturated rings. The summed E-state index contributed by atoms with van der Waals surface area (Å²) in [4.78, 5) is 0. The van der Waals surface area contributed by atoms with Crippen molar-refractivity contribution in [2.24, 2.45) is 0 Å². The number of nitrogens with one attached hydrogen (secondary N) is 1. The predicted octanol–water partition coefficient (Wildman–Crippen LogP) is 7.58. The summed E-state index contributed by atoms with van der Waals surface area (Å²) in [6.45, 7) is 10.9. The second-order valence-corrected chi connectivity index (χ2v) is 8.02. The molecule has 144 valence electrons. The first-order valence-corrected chi connectivity index (χ1v) is 10.1. The van der Waals surface area contributed by atoms with Crippen molar-refractivity contribution in [1.29, 1.82) is 0 Å². The molecule has 1 N–H and O–H groups in total. The predicted molar refractivity (Wildman–Crippen MR) is 126 cm³/mol. The van der Waals surface area contributed by atoms with Gasteiger partial charge in [0.15, 0.2) is 0 Å². The van der Waals surface area contributed by atoms with Crippen LogP contribution in [0.15, 0.2) is 103 Å². The Morgan fingerprint density at radius 3 is 2.28 bits per heavy atom. The minimum Gasteiger partial charge on any atom is -0.356 e. The standard InChI is InChI=1S/C28H27N/c1-5-21(22-11-7-6-8-12-22)16-15-20(2)29-23-17-18-25-24-13-9-10-14-26(24)28(3,4)27(25)19-23/h5-19,29H,2H2,1,3-4H3/b16-15-,21-5+. The fourth-order valence-electron chi connectivity index (χ4n) is 4.19. The summed E-state index contributed by atoms with van der Waals surface area (Å²) < 4.78 is 0. The van der Waals surface area contributed by atoms with Gasteiger partial charge in [-0.1, -0.05) is 93.2 Å². The number of hydrogen-bond donors (Lipinski definition) is 1. The number of benzene rings is 3. The first kappa shape index (κ1) is 19.0. The molecule has 0 saturated heterocycles. The zero-order valence-corrected chi connectivity index (χ0v) is 17.4. The molecule has 3 aromatic rings. The molecule has 1 aliphatic rings. The molecular weight excluding hydrogens is 350 g/mol. The Morgan fingerprint density at radius 1 is 0.828 bits per heavy atom. The van der Waals surface area contributed by atoms with Gasteiger partial charge in [0, 0.05) is 16.8 Å². The van der Waals surface area contributed by atoms with Crippen LogP contribution >= 0.6 is 0 Å². The topological polar surface area (TPSA) is 12.0 Å². The molecule has 3 aromatic carbocycles. The van der Waals surface area contributed by atoms with E-state index in [1.54, 1.807) is 0 Å². The highest BCUT2D eigenvalue weighted by Gasteiger charge is 2.35. The average Bonchev–Trinajstić information content (AvgIpc) is 2.96. The van der Waals surface area contributed by atoms with Crippen molar-refractivity contribution < 1.29 is 0 Å². The Bertz CT molecular complexity index is 1110. The van der Waals surface area contributed by atoms with Crippen LogP contribution in [0.3, 0.4) is 0 Å². The van der Waals surface area contributed by atoms with Crippen LogP contribution in [-0.4, -0.2) is 0 Å². The van der Waals surface area contributed by atoms with E-state index >= 15 is 0 Å². The first-order chi connectivity index (χ1) is 14.0. The zero-order chi connectivity index (χ0) is 20.4. The molecule has 29 heavy (non-hydrogen) atoms. The smallest absolute Gasteiger partial charge is 0.0387 e. The monoisotopic (exact) mass is 377 g/mol. The highest BCUT2D eigenvalue weighted by molar-refractivity contribution is 5.82. The van der Waals surface area contributed by atoms with E-state index in [0.29, 0.717) is 0 Å². The zero-order valence-electron chi connectivity index (χ0n) is 17.4. The van der Waals surface area contributed by atoms with E-state index < -0.39 is 0 Å². The van der Waals surface area contributed by atoms with Crippen LogP contribution in [0.5, 0.6) is 0 Å². The van der Waals surface area contributed by atoms with Gasteiger partial charge in [-0.25, -0.2) is 0 Å². The lowest BCUT2D eigenvalue weighted by molar-refractivity contribution is 0.660. The summed E-state index contributed by atoms with van der Waals surface area (Å²) >= 11 is 0. The highest BCUT2D eigenvalue weighted by atomic mass is 14.9. The SMILES string of the molecule is C=C(/C=C\C(=C/C)c1ccccc1)Nc1ccc2c(c1)C(C)(C)c1ccccc1-2. The second kappa shape index (κ2) is 7.60. The molecule has 1 heteroatoms. The average molecular weight is 378 g/mol. The summed E-state index contributed by atoms with van der Waals surface area (Å²) in [6, 6.07) is 25.7. The van der Waals surface area contributed by atoms with Gasteiger partial charge in [0.25, 0.3) is 0 Å². The van der Waals surface area contributed by atoms with Crippen molar-refractivity contribution >= 4 is 11.3 Å². The van der Waals surface area contributed by atoms with Crippen LogP contribution in [0.4, 0.5) is 5.69 Å². The van der Waals surface area contributed by atoms with Gasteiger partial charge in [0.05, 0.1) is 0 Å². The van der Waals surface area contributed by atoms with Gasteiger partial charge in [0.2, 0.25) is 0 Å². The lowest BCUT2D eigenvalue weighted by Gasteiger charge is -2.22. The minimum atomic E-state index is 0.00617. The molecule has 0 amide bonds. The van der Waals surface area contributed by atoms with Crippen molar-refractivity contribution in [3.63, 3.8) is 0 Å². The summed E-state index contributed by atoms with van der Waals surface area (Å²) in [7, 11) is 0. The molecule has 0 aliphatic heterocycles. The maximum atomic E-state index is 4.19. The molecule has 1 nitrogen and oxygen atoms in total. The van der Waals surface area contributed by atoms with Gasteiger partial charge >= 0.3 is 0 Å². The Morgan fingerprint density at radius 2 is 1.52 bits per heavy atom. The van der Waals surface area contributed by atoms with E-state index in [9.17, 15) is 0 Å². The van der Waals surface area contributed by atoms with Crippen molar-refractivity contribution in [1.82, 2.24) is 0 Å². The van der Waals surface area contributed by atoms with E-state index in [1.165, 1.54) is 33.4 Å². The Hall–Kier alpha value is -3.32. The molecule has 0 aromatic heterocycles. The molecular formula is C28H27N. The van der Waals surface area contributed by atoms with Gasteiger partial charge in [-0.05, 0) is 58.5 Å². The Labute approximate surface area is 174 Å². The van der Waals surface area contributed by atoms with Crippen LogP contribution in [0.25, 0.3) is 16.7 Å². The van der Waals surface area contributed by atoms with Gasteiger partial charge in [-0.15, -0.1) is 0 Å². The molecule has 0 spiro atoms. The number of allylic oxidation sites excluding steroid dienone is 4. The van der Waals surface area contributed by atoms with Crippen molar-refractivity contribution in [2.75, 3.05) is 5.32 Å². The summed E-state index contributed by atoms with van der Waals surface area (Å²) in [5, 5.41) is 3.46. The lowest BCUT2D eigenvalue weighted by Crippen LogP contribution is -2.15. The molecule has 0 atom stereocenters. The van der Waals surface area contributed by atoms with E-state index in [-0.39, 0.29) is 5.41 Å². The third-order valence-corrected chi connectivity index (χ3v) is 5.77. The van der Waals surface area contributed by atoms with E-state index in [4.69, 9.17) is 0 Å². The fraction of sp³-hybridized carbons (Fsp3) is 0.143. The maximum Gasteiger partial charge on any atom is 0.0387 e. The van der Waals surface area contributed by atoms with Gasteiger partial charge < -0.3 is 5.32 Å². The van der Waals surface area contributed by atoms with Crippen molar-refractivity contribution in [2.45, 2.75) is 26.2 Å². The molecule has 4 rings (SSSR count). The fourth-order valence-corrected chi connectivity index (χ4v) is 4.19. The Kier molecular flexibility index (Phi) is 4.98. The number of fused-ring (bicyclic) bond motifs is 3. The van der Waals surface area contributed by atoms with Gasteiger partial charge in [-0.2, -0.15) is 0 Å². The number of hydrogen-bond acceptors (Lipinski definition) is 1. The van der Waals surface area contributed by atoms with E-state index in [1.807, 2.05) is 12.1 Å². The molecule has 1 aliphatic carbocycles. The van der Waals surface area contributed by atoms with Crippen LogP contribution in [0, 0.1) is 0 Å². The first-order valence-electron chi connectivity index (χ1n) is 10.1. The summed E-state index contributed by atoms with van der Waals surface area (Å²) in [5.74, 6) is 0. The molecule has 0 radical (unpaired) electrons. The summed E-state index contributed by atoms with van der Waals surface area (Å²) in [5.41, 5.74) is 9.76. The second-order valence-electron chi connectivity index (χ2n) is 8.02. The molecule has 0 unspecified atom stereocenters. The van der Waals surface area contributed by atoms with Gasteiger partial charge in [0.1, 0.15) is 0 Å². The number of anilines is 1. The van der Waals surface area contributed by atoms with Crippen LogP contribution in [-0.2, 0) is 5.41 Å². The maximum absolute atomic E-state index is 4.19. The van der Waals surface area contributed by atoms with E-state index in [2.05, 4.69) is 112 Å². The van der Waals surface area contributed by atoms with E-state index in [0.717, 1.165) is 11.4 Å².